The Morgan fingerprint density at radius 2 is 1.23 bits per heavy atom. The number of halogens is 1. The molecule has 73 valence electrons. The largest absolute Gasteiger partial charge is 1.00 e. The van der Waals surface area contributed by atoms with Gasteiger partial charge in [0.15, 0.2) is 0 Å². The number of carbonyl (C=O) groups excluding carboxylic acids is 1. The molecule has 13 heavy (non-hydrogen) atoms. The minimum absolute atomic E-state index is 0. The van der Waals surface area contributed by atoms with Crippen LogP contribution in [0.5, 0.6) is 0 Å². The van der Waals surface area contributed by atoms with Crippen molar-refractivity contribution in [2.45, 2.75) is 0 Å². The molecule has 0 aromatic carbocycles. The van der Waals surface area contributed by atoms with Crippen LogP contribution in [0.15, 0.2) is 0 Å². The molecule has 0 rings (SSSR count). The van der Waals surface area contributed by atoms with Crippen LogP contribution in [-0.4, -0.2) is 12.5 Å². The van der Waals surface area contributed by atoms with Gasteiger partial charge in [-0.25, -0.2) is 0 Å². The number of carbonyl (C=O) groups is 1. The average molecular weight is 294 g/mol. The van der Waals surface area contributed by atoms with Gasteiger partial charge >= 0.3 is 33.9 Å². The molecule has 0 bridgehead atoms. The van der Waals surface area contributed by atoms with E-state index in [1.165, 1.54) is 0 Å². The average Bonchev–Trinajstić information content (AvgIpc) is 2.15. The third-order valence-corrected chi connectivity index (χ3v) is 0.144. The predicted molar refractivity (Wildman–Crippen MR) is 26.0 cm³/mol. The summed E-state index contributed by atoms with van der Waals surface area (Å²) in [5, 5.41) is 9.07. The van der Waals surface area contributed by atoms with E-state index in [2.05, 4.69) is 20.0 Å². The molecule has 0 heterocycles. The molecule has 8 heteroatoms. The zero-order valence-corrected chi connectivity index (χ0v) is 8.47. The smallest absolute Gasteiger partial charge is 0.0207 e. The predicted octanol–water partition coefficient (Wildman–Crippen LogP) is -4.32. The van der Waals surface area contributed by atoms with Crippen molar-refractivity contribution < 1.29 is 55.7 Å². The third-order valence-electron chi connectivity index (χ3n) is 0.144. The second-order valence-electron chi connectivity index (χ2n) is 0.549. The topological polar surface area (TPSA) is 124 Å². The maximum absolute atomic E-state index is 9.07. The molecule has 0 saturated carbocycles. The molecule has 0 aromatic rings. The van der Waals surface area contributed by atoms with Gasteiger partial charge in [0.25, 0.3) is 0 Å². The molecule has 1 N–H and O–H groups in total. The first-order chi connectivity index (χ1) is 5.27. The van der Waals surface area contributed by atoms with Crippen molar-refractivity contribution in [2.75, 3.05) is 6.54 Å². The Labute approximate surface area is 94.2 Å². The van der Waals surface area contributed by atoms with Crippen molar-refractivity contribution in [2.24, 2.45) is 0 Å². The van der Waals surface area contributed by atoms with E-state index < -0.39 is 12.5 Å². The monoisotopic (exact) mass is 294 g/mol. The van der Waals surface area contributed by atoms with Gasteiger partial charge in [-0.1, -0.05) is 0 Å². The Morgan fingerprint density at radius 1 is 1.15 bits per heavy atom. The molecule has 0 saturated heterocycles. The zero-order chi connectivity index (χ0) is 10.3. The van der Waals surface area contributed by atoms with Crippen LogP contribution in [0, 0.1) is 20.0 Å². The van der Waals surface area contributed by atoms with Crippen molar-refractivity contribution in [3.63, 3.8) is 0 Å². The number of nitrogens with one attached hydrogen (secondary N) is 1. The van der Waals surface area contributed by atoms with Crippen LogP contribution in [0.1, 0.15) is 0 Å². The fraction of sp³-hybridized carbons (Fsp3) is 0.200. The maximum Gasteiger partial charge on any atom is 0.0207 e. The first-order valence-electron chi connectivity index (χ1n) is 1.73. The SMILES string of the molecule is [C]#[O+].[C]#[O+].[C]#[O+].[Cl-].[NH-]CC(=O)[O-].[Ru]. The second kappa shape index (κ2) is 102. The van der Waals surface area contributed by atoms with Crippen LogP contribution in [0.25, 0.3) is 5.73 Å². The summed E-state index contributed by atoms with van der Waals surface area (Å²) in [6.07, 6.45) is 0. The van der Waals surface area contributed by atoms with Gasteiger partial charge in [0.05, 0.1) is 0 Å². The first-order valence-corrected chi connectivity index (χ1v) is 1.73. The normalized spacial score (nSPS) is 3.31. The molecule has 0 aromatic heterocycles. The van der Waals surface area contributed by atoms with E-state index in [0.29, 0.717) is 0 Å². The molecule has 0 aliphatic rings. The van der Waals surface area contributed by atoms with Gasteiger partial charge in [-0.05, 0) is 0 Å². The van der Waals surface area contributed by atoms with E-state index in [9.17, 15) is 0 Å². The van der Waals surface area contributed by atoms with Crippen LogP contribution in [0.3, 0.4) is 0 Å². The van der Waals surface area contributed by atoms with E-state index >= 15 is 0 Å². The van der Waals surface area contributed by atoms with Crippen molar-refractivity contribution in [3.8, 4) is 0 Å². The maximum atomic E-state index is 9.07. The summed E-state index contributed by atoms with van der Waals surface area (Å²) in [7, 11) is 0. The van der Waals surface area contributed by atoms with E-state index in [-0.39, 0.29) is 31.9 Å². The molecule has 0 spiro atoms. The summed E-state index contributed by atoms with van der Waals surface area (Å²) in [6, 6.07) is 0. The molecule has 6 nitrogen and oxygen atoms in total. The Morgan fingerprint density at radius 3 is 1.23 bits per heavy atom. The Hall–Kier alpha value is -0.437. The summed E-state index contributed by atoms with van der Waals surface area (Å²) in [6.45, 7) is 12.9. The van der Waals surface area contributed by atoms with Gasteiger partial charge < -0.3 is 28.0 Å². The number of hydrogen-bond acceptors (Lipinski definition) is 2. The fourth-order valence-electron chi connectivity index (χ4n) is 0. The summed E-state index contributed by atoms with van der Waals surface area (Å²) in [4.78, 5) is 9.07. The number of aliphatic carboxylic acids is 1. The molecule has 0 aliphatic heterocycles. The molecule has 0 atom stereocenters. The molecular weight excluding hydrogens is 291 g/mol. The van der Waals surface area contributed by atoms with Crippen molar-refractivity contribution in [1.82, 2.24) is 0 Å². The van der Waals surface area contributed by atoms with Gasteiger partial charge in [0, 0.05) is 25.4 Å². The standard InChI is InChI=1S/C2H4NO2.3CO.ClH.Ru/c3-1-2(4)5;3*1-2;;/h3H,1H2,(H,4,5);;;;1H;/q-1;3*+1;;/p-2. The van der Waals surface area contributed by atoms with E-state index in [0.717, 1.165) is 0 Å². The van der Waals surface area contributed by atoms with Crippen LogP contribution >= 0.6 is 0 Å². The van der Waals surface area contributed by atoms with Gasteiger partial charge in [0.1, 0.15) is 0 Å². The summed E-state index contributed by atoms with van der Waals surface area (Å²) >= 11 is 0. The number of carboxylic acids is 1. The number of hydrogen-bond donors (Lipinski definition) is 0. The molecule has 0 amide bonds. The number of carboxylic acid groups (broad SMARTS) is 1. The van der Waals surface area contributed by atoms with Crippen LogP contribution in [0.2, 0.25) is 0 Å². The van der Waals surface area contributed by atoms with E-state index in [1.807, 2.05) is 0 Å². The van der Waals surface area contributed by atoms with Gasteiger partial charge in [-0.2, -0.15) is 0 Å². The Bertz CT molecular complexity index is 120. The van der Waals surface area contributed by atoms with Crippen molar-refractivity contribution >= 4 is 5.97 Å². The van der Waals surface area contributed by atoms with Gasteiger partial charge in [-0.15, -0.1) is 6.54 Å². The molecule has 0 aliphatic carbocycles. The first kappa shape index (κ1) is 39.0. The quantitative estimate of drug-likeness (QED) is 0.358. The van der Waals surface area contributed by atoms with Crippen LogP contribution in [-0.2, 0) is 38.2 Å². The van der Waals surface area contributed by atoms with Gasteiger partial charge in [-0.3, -0.25) is 0 Å². The molecule has 0 unspecified atom stereocenters. The van der Waals surface area contributed by atoms with Gasteiger partial charge in [0.2, 0.25) is 0 Å². The van der Waals surface area contributed by atoms with E-state index in [1.54, 1.807) is 0 Å². The van der Waals surface area contributed by atoms with Crippen LogP contribution in [0.4, 0.5) is 0 Å². The summed E-state index contributed by atoms with van der Waals surface area (Å²) < 4.78 is 22.5. The molecule has 3 radical (unpaired) electrons. The number of rotatable bonds is 1. The molecular formula is C5H3ClNO5Ru. The van der Waals surface area contributed by atoms with Crippen LogP contribution < -0.4 is 17.5 Å². The summed E-state index contributed by atoms with van der Waals surface area (Å²) in [5.74, 6) is -1.33. The second-order valence-corrected chi connectivity index (χ2v) is 0.549. The third kappa shape index (κ3) is 433. The van der Waals surface area contributed by atoms with E-state index in [4.69, 9.17) is 29.6 Å². The fourth-order valence-corrected chi connectivity index (χ4v) is 0. The van der Waals surface area contributed by atoms with Crippen molar-refractivity contribution in [1.29, 1.82) is 0 Å². The minimum atomic E-state index is -1.33. The minimum Gasteiger partial charge on any atom is -1.00 e. The molecule has 0 fully saturated rings. The van der Waals surface area contributed by atoms with Crippen molar-refractivity contribution in [3.05, 3.63) is 25.7 Å². The Balaban J connectivity index is -0.0000000135. The zero-order valence-electron chi connectivity index (χ0n) is 5.98. The Kier molecular flexibility index (Phi) is 305. The summed E-state index contributed by atoms with van der Waals surface area (Å²) in [5.41, 5.74) is 6.00.